The fourth-order valence-electron chi connectivity index (χ4n) is 3.70. The molecular formula is C23H28N2O3S2. The highest BCUT2D eigenvalue weighted by atomic mass is 32.2. The molecular weight excluding hydrogens is 416 g/mol. The van der Waals surface area contributed by atoms with Gasteiger partial charge in [-0.3, -0.25) is 9.36 Å². The molecule has 0 radical (unpaired) electrons. The summed E-state index contributed by atoms with van der Waals surface area (Å²) < 4.78 is 13.1. The van der Waals surface area contributed by atoms with Gasteiger partial charge >= 0.3 is 0 Å². The monoisotopic (exact) mass is 444 g/mol. The Morgan fingerprint density at radius 2 is 2.10 bits per heavy atom. The normalized spacial score (nSPS) is 16.2. The number of benzene rings is 1. The molecule has 160 valence electrons. The van der Waals surface area contributed by atoms with Crippen molar-refractivity contribution < 1.29 is 9.47 Å². The topological polar surface area (TPSA) is 53.4 Å². The van der Waals surface area contributed by atoms with Crippen molar-refractivity contribution >= 4 is 33.3 Å². The number of rotatable bonds is 7. The number of thiophene rings is 1. The summed E-state index contributed by atoms with van der Waals surface area (Å²) >= 11 is 3.26. The number of methoxy groups -OCH3 is 1. The SMILES string of the molecule is CCCCSc1nc2sc3c(c2c(=O)n1-c1ccc(OC)cc1)C[C@@H](C(C)C)OC3. The maximum atomic E-state index is 13.8. The predicted octanol–water partition coefficient (Wildman–Crippen LogP) is 5.45. The van der Waals surface area contributed by atoms with Crippen LogP contribution in [0.2, 0.25) is 0 Å². The lowest BCUT2D eigenvalue weighted by Crippen LogP contribution is -2.28. The van der Waals surface area contributed by atoms with Gasteiger partial charge in [0.1, 0.15) is 10.6 Å². The van der Waals surface area contributed by atoms with Gasteiger partial charge in [0, 0.05) is 17.1 Å². The van der Waals surface area contributed by atoms with E-state index in [1.54, 1.807) is 34.8 Å². The van der Waals surface area contributed by atoms with E-state index in [1.807, 2.05) is 24.3 Å². The summed E-state index contributed by atoms with van der Waals surface area (Å²) in [5.41, 5.74) is 1.97. The molecule has 1 atom stereocenters. The first-order valence-electron chi connectivity index (χ1n) is 10.5. The number of nitrogens with zero attached hydrogens (tertiary/aromatic N) is 2. The molecule has 7 heteroatoms. The van der Waals surface area contributed by atoms with Crippen LogP contribution in [0, 0.1) is 5.92 Å². The van der Waals surface area contributed by atoms with Gasteiger partial charge in [-0.2, -0.15) is 0 Å². The second-order valence-electron chi connectivity index (χ2n) is 7.92. The standard InChI is InChI=1S/C23H28N2O3S2/c1-5-6-11-29-23-24-21-20(17-12-18(14(2)3)28-13-19(17)30-21)22(26)25(23)15-7-9-16(27-4)10-8-15/h7-10,14,18H,5-6,11-13H2,1-4H3/t18-/m0/s1. The van der Waals surface area contributed by atoms with Gasteiger partial charge in [0.15, 0.2) is 5.16 Å². The Kier molecular flexibility index (Phi) is 6.51. The summed E-state index contributed by atoms with van der Waals surface area (Å²) in [6, 6.07) is 7.63. The zero-order valence-corrected chi connectivity index (χ0v) is 19.6. The first-order chi connectivity index (χ1) is 14.5. The van der Waals surface area contributed by atoms with Crippen LogP contribution in [0.15, 0.2) is 34.2 Å². The van der Waals surface area contributed by atoms with Crippen LogP contribution < -0.4 is 10.3 Å². The number of thioether (sulfide) groups is 1. The van der Waals surface area contributed by atoms with Crippen LogP contribution in [0.25, 0.3) is 15.9 Å². The van der Waals surface area contributed by atoms with Crippen LogP contribution >= 0.6 is 23.1 Å². The number of unbranched alkanes of at least 4 members (excludes halogenated alkanes) is 1. The number of hydrogen-bond acceptors (Lipinski definition) is 6. The second-order valence-corrected chi connectivity index (χ2v) is 10.1. The first-order valence-corrected chi connectivity index (χ1v) is 12.3. The highest BCUT2D eigenvalue weighted by Gasteiger charge is 2.28. The lowest BCUT2D eigenvalue weighted by Gasteiger charge is -2.26. The van der Waals surface area contributed by atoms with Gasteiger partial charge < -0.3 is 9.47 Å². The highest BCUT2D eigenvalue weighted by molar-refractivity contribution is 7.99. The molecule has 3 aromatic rings. The van der Waals surface area contributed by atoms with E-state index in [2.05, 4.69) is 20.8 Å². The van der Waals surface area contributed by atoms with Crippen molar-refractivity contribution in [3.05, 3.63) is 45.1 Å². The van der Waals surface area contributed by atoms with Crippen molar-refractivity contribution in [1.82, 2.24) is 9.55 Å². The van der Waals surface area contributed by atoms with Crippen LogP contribution in [0.4, 0.5) is 0 Å². The molecule has 5 nitrogen and oxygen atoms in total. The van der Waals surface area contributed by atoms with Crippen LogP contribution in [-0.4, -0.2) is 28.5 Å². The summed E-state index contributed by atoms with van der Waals surface area (Å²) in [6.07, 6.45) is 3.12. The number of ether oxygens (including phenoxy) is 2. The minimum atomic E-state index is 0.0195. The van der Waals surface area contributed by atoms with Crippen LogP contribution in [0.3, 0.4) is 0 Å². The summed E-state index contributed by atoms with van der Waals surface area (Å²) in [6.45, 7) is 7.08. The van der Waals surface area contributed by atoms with Gasteiger partial charge in [-0.05, 0) is 42.2 Å². The van der Waals surface area contributed by atoms with Gasteiger partial charge in [0.05, 0.1) is 30.9 Å². The first kappa shape index (κ1) is 21.4. The van der Waals surface area contributed by atoms with Crippen molar-refractivity contribution in [3.8, 4) is 11.4 Å². The Morgan fingerprint density at radius 3 is 2.77 bits per heavy atom. The lowest BCUT2D eigenvalue weighted by atomic mass is 9.96. The maximum absolute atomic E-state index is 13.8. The van der Waals surface area contributed by atoms with Crippen LogP contribution in [0.5, 0.6) is 5.75 Å². The van der Waals surface area contributed by atoms with E-state index in [0.29, 0.717) is 12.5 Å². The van der Waals surface area contributed by atoms with E-state index in [0.717, 1.165) is 62.3 Å². The van der Waals surface area contributed by atoms with E-state index in [4.69, 9.17) is 14.5 Å². The molecule has 1 aromatic carbocycles. The highest BCUT2D eigenvalue weighted by Crippen LogP contribution is 2.36. The minimum absolute atomic E-state index is 0.0195. The Hall–Kier alpha value is -1.83. The van der Waals surface area contributed by atoms with Crippen molar-refractivity contribution in [2.75, 3.05) is 12.9 Å². The summed E-state index contributed by atoms with van der Waals surface area (Å²) in [5, 5.41) is 1.52. The van der Waals surface area contributed by atoms with Crippen molar-refractivity contribution in [3.63, 3.8) is 0 Å². The van der Waals surface area contributed by atoms with E-state index in [-0.39, 0.29) is 11.7 Å². The molecule has 30 heavy (non-hydrogen) atoms. The molecule has 1 aliphatic rings. The van der Waals surface area contributed by atoms with E-state index in [1.165, 1.54) is 0 Å². The van der Waals surface area contributed by atoms with Crippen LogP contribution in [0.1, 0.15) is 44.1 Å². The molecule has 0 aliphatic carbocycles. The average Bonchev–Trinajstić information content (AvgIpc) is 3.12. The van der Waals surface area contributed by atoms with Crippen LogP contribution in [-0.2, 0) is 17.8 Å². The molecule has 3 heterocycles. The minimum Gasteiger partial charge on any atom is -0.497 e. The molecule has 2 aromatic heterocycles. The smallest absolute Gasteiger partial charge is 0.267 e. The average molecular weight is 445 g/mol. The number of aromatic nitrogens is 2. The van der Waals surface area contributed by atoms with Gasteiger partial charge in [-0.25, -0.2) is 4.98 Å². The van der Waals surface area contributed by atoms with Crippen molar-refractivity contribution in [2.45, 2.75) is 57.9 Å². The third kappa shape index (κ3) is 4.03. The second kappa shape index (κ2) is 9.12. The van der Waals surface area contributed by atoms with Gasteiger partial charge in [0.2, 0.25) is 0 Å². The van der Waals surface area contributed by atoms with E-state index in [9.17, 15) is 4.79 Å². The fourth-order valence-corrected chi connectivity index (χ4v) is 5.96. The zero-order valence-electron chi connectivity index (χ0n) is 17.9. The Balaban J connectivity index is 1.88. The Labute approximate surface area is 185 Å². The van der Waals surface area contributed by atoms with E-state index < -0.39 is 0 Å². The third-order valence-corrected chi connectivity index (χ3v) is 7.64. The quantitative estimate of drug-likeness (QED) is 0.276. The molecule has 4 rings (SSSR count). The number of hydrogen-bond donors (Lipinski definition) is 0. The maximum Gasteiger partial charge on any atom is 0.267 e. The largest absolute Gasteiger partial charge is 0.497 e. The Bertz CT molecular complexity index is 1090. The summed E-state index contributed by atoms with van der Waals surface area (Å²) in [4.78, 5) is 20.7. The molecule has 0 saturated carbocycles. The van der Waals surface area contributed by atoms with Crippen molar-refractivity contribution in [1.29, 1.82) is 0 Å². The summed E-state index contributed by atoms with van der Waals surface area (Å²) in [5.74, 6) is 2.12. The molecule has 1 aliphatic heterocycles. The lowest BCUT2D eigenvalue weighted by molar-refractivity contribution is 0.00200. The molecule has 0 unspecified atom stereocenters. The van der Waals surface area contributed by atoms with E-state index >= 15 is 0 Å². The Morgan fingerprint density at radius 1 is 1.33 bits per heavy atom. The zero-order chi connectivity index (χ0) is 21.3. The molecule has 0 N–H and O–H groups in total. The van der Waals surface area contributed by atoms with Gasteiger partial charge in [-0.1, -0.05) is 39.0 Å². The molecule has 0 bridgehead atoms. The van der Waals surface area contributed by atoms with Gasteiger partial charge in [-0.15, -0.1) is 11.3 Å². The molecule has 0 saturated heterocycles. The van der Waals surface area contributed by atoms with Gasteiger partial charge in [0.25, 0.3) is 5.56 Å². The van der Waals surface area contributed by atoms with Crippen molar-refractivity contribution in [2.24, 2.45) is 5.92 Å². The third-order valence-electron chi connectivity index (χ3n) is 5.51. The summed E-state index contributed by atoms with van der Waals surface area (Å²) in [7, 11) is 1.64. The molecule has 0 spiro atoms. The predicted molar refractivity (Wildman–Crippen MR) is 125 cm³/mol. The number of fused-ring (bicyclic) bond motifs is 3. The molecule has 0 amide bonds. The molecule has 0 fully saturated rings. The fraction of sp³-hybridized carbons (Fsp3) is 0.478.